The minimum absolute atomic E-state index is 0.0863. The zero-order valence-corrected chi connectivity index (χ0v) is 11.1. The molecule has 0 radical (unpaired) electrons. The molecule has 0 saturated carbocycles. The molecule has 0 aliphatic heterocycles. The standard InChI is InChI=1S/C11H12BrN3O2/c1-14(2)6-9-13-10(11(16)17)8-5-7(12)3-4-15(8)9/h3-5H,6H2,1-2H3,(H,16,17). The topological polar surface area (TPSA) is 57.8 Å². The predicted molar refractivity (Wildman–Crippen MR) is 67.2 cm³/mol. The Balaban J connectivity index is 2.66. The zero-order valence-electron chi connectivity index (χ0n) is 9.51. The Kier molecular flexibility index (Phi) is 3.17. The first-order chi connectivity index (χ1) is 7.99. The van der Waals surface area contributed by atoms with E-state index < -0.39 is 5.97 Å². The van der Waals surface area contributed by atoms with E-state index in [0.717, 1.165) is 10.3 Å². The van der Waals surface area contributed by atoms with Gasteiger partial charge in [0.2, 0.25) is 0 Å². The van der Waals surface area contributed by atoms with Crippen LogP contribution in [0, 0.1) is 0 Å². The summed E-state index contributed by atoms with van der Waals surface area (Å²) >= 11 is 3.33. The quantitative estimate of drug-likeness (QED) is 0.939. The molecular formula is C11H12BrN3O2. The summed E-state index contributed by atoms with van der Waals surface area (Å²) in [5.41, 5.74) is 0.687. The number of fused-ring (bicyclic) bond motifs is 1. The maximum Gasteiger partial charge on any atom is 0.356 e. The first-order valence-electron chi connectivity index (χ1n) is 5.03. The number of halogens is 1. The molecule has 6 heteroatoms. The lowest BCUT2D eigenvalue weighted by Crippen LogP contribution is -2.13. The summed E-state index contributed by atoms with van der Waals surface area (Å²) in [5, 5.41) is 9.12. The molecule has 0 spiro atoms. The van der Waals surface area contributed by atoms with Crippen LogP contribution in [0.1, 0.15) is 16.3 Å². The summed E-state index contributed by atoms with van der Waals surface area (Å²) in [7, 11) is 3.83. The normalized spacial score (nSPS) is 11.3. The molecule has 90 valence electrons. The largest absolute Gasteiger partial charge is 0.476 e. The number of nitrogens with zero attached hydrogens (tertiary/aromatic N) is 3. The maximum absolute atomic E-state index is 11.1. The molecule has 0 aliphatic carbocycles. The van der Waals surface area contributed by atoms with E-state index >= 15 is 0 Å². The van der Waals surface area contributed by atoms with E-state index in [-0.39, 0.29) is 5.69 Å². The molecule has 17 heavy (non-hydrogen) atoms. The van der Waals surface area contributed by atoms with Crippen molar-refractivity contribution in [2.75, 3.05) is 14.1 Å². The van der Waals surface area contributed by atoms with E-state index in [1.54, 1.807) is 10.5 Å². The number of aromatic carboxylic acids is 1. The van der Waals surface area contributed by atoms with Gasteiger partial charge in [0, 0.05) is 10.7 Å². The van der Waals surface area contributed by atoms with Gasteiger partial charge in [-0.05, 0) is 26.2 Å². The van der Waals surface area contributed by atoms with Crippen molar-refractivity contribution in [3.63, 3.8) is 0 Å². The molecule has 0 saturated heterocycles. The van der Waals surface area contributed by atoms with E-state index in [1.165, 1.54) is 0 Å². The van der Waals surface area contributed by atoms with Crippen molar-refractivity contribution in [3.8, 4) is 0 Å². The van der Waals surface area contributed by atoms with E-state index in [9.17, 15) is 4.79 Å². The molecule has 0 aliphatic rings. The van der Waals surface area contributed by atoms with Crippen molar-refractivity contribution in [2.24, 2.45) is 0 Å². The first kappa shape index (κ1) is 12.1. The molecule has 1 N–H and O–H groups in total. The van der Waals surface area contributed by atoms with Crippen LogP contribution in [0.5, 0.6) is 0 Å². The third kappa shape index (κ3) is 2.32. The Morgan fingerprint density at radius 3 is 2.88 bits per heavy atom. The second-order valence-corrected chi connectivity index (χ2v) is 4.94. The molecule has 2 heterocycles. The summed E-state index contributed by atoms with van der Waals surface area (Å²) in [6.07, 6.45) is 1.82. The third-order valence-corrected chi connectivity index (χ3v) is 2.83. The number of imidazole rings is 1. The molecule has 0 amide bonds. The van der Waals surface area contributed by atoms with Crippen LogP contribution in [0.4, 0.5) is 0 Å². The summed E-state index contributed by atoms with van der Waals surface area (Å²) in [5.74, 6) is -0.291. The van der Waals surface area contributed by atoms with Crippen molar-refractivity contribution in [1.29, 1.82) is 0 Å². The number of carbonyl (C=O) groups is 1. The Bertz CT molecular complexity index is 577. The highest BCUT2D eigenvalue weighted by Crippen LogP contribution is 2.19. The second kappa shape index (κ2) is 4.46. The van der Waals surface area contributed by atoms with Crippen LogP contribution >= 0.6 is 15.9 Å². The summed E-state index contributed by atoms with van der Waals surface area (Å²) < 4.78 is 2.64. The molecule has 0 unspecified atom stereocenters. The Morgan fingerprint density at radius 2 is 2.29 bits per heavy atom. The van der Waals surface area contributed by atoms with Gasteiger partial charge < -0.3 is 14.4 Å². The highest BCUT2D eigenvalue weighted by molar-refractivity contribution is 9.10. The number of hydrogen-bond acceptors (Lipinski definition) is 3. The van der Waals surface area contributed by atoms with Crippen LogP contribution in [-0.4, -0.2) is 39.5 Å². The van der Waals surface area contributed by atoms with Crippen molar-refractivity contribution in [1.82, 2.24) is 14.3 Å². The molecule has 0 fully saturated rings. The maximum atomic E-state index is 11.1. The fraction of sp³-hybridized carbons (Fsp3) is 0.273. The van der Waals surface area contributed by atoms with Crippen molar-refractivity contribution in [3.05, 3.63) is 34.3 Å². The van der Waals surface area contributed by atoms with Gasteiger partial charge in [-0.15, -0.1) is 0 Å². The van der Waals surface area contributed by atoms with Gasteiger partial charge in [-0.1, -0.05) is 15.9 Å². The average molecular weight is 298 g/mol. The number of carboxylic acids is 1. The van der Waals surface area contributed by atoms with Gasteiger partial charge in [-0.25, -0.2) is 9.78 Å². The minimum atomic E-state index is -1.01. The molecule has 2 aromatic rings. The molecule has 2 rings (SSSR count). The minimum Gasteiger partial charge on any atom is -0.476 e. The van der Waals surface area contributed by atoms with Gasteiger partial charge in [0.15, 0.2) is 5.69 Å². The van der Waals surface area contributed by atoms with Crippen LogP contribution in [0.25, 0.3) is 5.52 Å². The fourth-order valence-electron chi connectivity index (χ4n) is 1.67. The second-order valence-electron chi connectivity index (χ2n) is 4.02. The van der Waals surface area contributed by atoms with Gasteiger partial charge >= 0.3 is 5.97 Å². The predicted octanol–water partition coefficient (Wildman–Crippen LogP) is 1.86. The smallest absolute Gasteiger partial charge is 0.356 e. The van der Waals surface area contributed by atoms with Crippen LogP contribution in [0.15, 0.2) is 22.8 Å². The van der Waals surface area contributed by atoms with Crippen molar-refractivity contribution in [2.45, 2.75) is 6.54 Å². The van der Waals surface area contributed by atoms with Crippen molar-refractivity contribution >= 4 is 27.4 Å². The lowest BCUT2D eigenvalue weighted by Gasteiger charge is -2.07. The van der Waals surface area contributed by atoms with Crippen LogP contribution in [0.2, 0.25) is 0 Å². The van der Waals surface area contributed by atoms with Gasteiger partial charge in [-0.2, -0.15) is 0 Å². The molecular weight excluding hydrogens is 286 g/mol. The molecule has 0 atom stereocenters. The first-order valence-corrected chi connectivity index (χ1v) is 5.83. The van der Waals surface area contributed by atoms with Gasteiger partial charge in [0.1, 0.15) is 5.82 Å². The number of pyridine rings is 1. The molecule has 0 aromatic carbocycles. The van der Waals surface area contributed by atoms with E-state index in [2.05, 4.69) is 20.9 Å². The third-order valence-electron chi connectivity index (χ3n) is 2.34. The number of hydrogen-bond donors (Lipinski definition) is 1. The van der Waals surface area contributed by atoms with Gasteiger partial charge in [0.25, 0.3) is 0 Å². The fourth-order valence-corrected chi connectivity index (χ4v) is 2.01. The lowest BCUT2D eigenvalue weighted by molar-refractivity contribution is 0.0693. The number of carboxylic acid groups (broad SMARTS) is 1. The Hall–Kier alpha value is -1.40. The van der Waals surface area contributed by atoms with E-state index in [1.807, 2.05) is 31.3 Å². The summed E-state index contributed by atoms with van der Waals surface area (Å²) in [6, 6.07) is 3.62. The SMILES string of the molecule is CN(C)Cc1nc(C(=O)O)c2cc(Br)ccn12. The van der Waals surface area contributed by atoms with Crippen LogP contribution < -0.4 is 0 Å². The van der Waals surface area contributed by atoms with Crippen molar-refractivity contribution < 1.29 is 9.90 Å². The number of aromatic nitrogens is 2. The average Bonchev–Trinajstić information content (AvgIpc) is 2.55. The highest BCUT2D eigenvalue weighted by Gasteiger charge is 2.16. The van der Waals surface area contributed by atoms with Gasteiger partial charge in [-0.3, -0.25) is 0 Å². The van der Waals surface area contributed by atoms with Gasteiger partial charge in [0.05, 0.1) is 12.1 Å². The highest BCUT2D eigenvalue weighted by atomic mass is 79.9. The molecule has 2 aromatic heterocycles. The molecule has 5 nitrogen and oxygen atoms in total. The van der Waals surface area contributed by atoms with Crippen LogP contribution in [-0.2, 0) is 6.54 Å². The zero-order chi connectivity index (χ0) is 12.6. The lowest BCUT2D eigenvalue weighted by atomic mass is 10.3. The Morgan fingerprint density at radius 1 is 1.59 bits per heavy atom. The van der Waals surface area contributed by atoms with E-state index in [0.29, 0.717) is 12.1 Å². The van der Waals surface area contributed by atoms with E-state index in [4.69, 9.17) is 5.11 Å². The monoisotopic (exact) mass is 297 g/mol. The summed E-state index contributed by atoms with van der Waals surface area (Å²) in [4.78, 5) is 17.2. The Labute approximate surface area is 107 Å². The molecule has 0 bridgehead atoms. The summed E-state index contributed by atoms with van der Waals surface area (Å²) in [6.45, 7) is 0.593. The number of rotatable bonds is 3. The van der Waals surface area contributed by atoms with Crippen LogP contribution in [0.3, 0.4) is 0 Å².